The lowest BCUT2D eigenvalue weighted by molar-refractivity contribution is -0.150. The van der Waals surface area contributed by atoms with Gasteiger partial charge in [0, 0.05) is 16.6 Å². The van der Waals surface area contributed by atoms with Crippen LogP contribution in [-0.2, 0) is 23.9 Å². The molecule has 0 saturated carbocycles. The summed E-state index contributed by atoms with van der Waals surface area (Å²) in [6.45, 7) is -0.598. The minimum Gasteiger partial charge on any atom is -0.466 e. The number of hydrogen-bond donors (Lipinski definition) is 0. The third kappa shape index (κ3) is 6.29. The van der Waals surface area contributed by atoms with Crippen LogP contribution in [0.5, 0.6) is 5.75 Å². The van der Waals surface area contributed by atoms with Gasteiger partial charge in [0.15, 0.2) is 12.4 Å². The number of halogens is 3. The summed E-state index contributed by atoms with van der Waals surface area (Å²) >= 11 is 9.78. The number of benzene rings is 1. The molecule has 0 bridgehead atoms. The van der Waals surface area contributed by atoms with Crippen molar-refractivity contribution in [3.8, 4) is 5.75 Å². The number of methoxy groups -OCH3 is 1. The number of hydrogen-bond acceptors (Lipinski definition) is 6. The van der Waals surface area contributed by atoms with Crippen molar-refractivity contribution in [2.75, 3.05) is 13.7 Å². The molecular formula is C13H9Br3O6. The van der Waals surface area contributed by atoms with Gasteiger partial charge in [-0.2, -0.15) is 0 Å². The highest BCUT2D eigenvalue weighted by Gasteiger charge is 2.14. The van der Waals surface area contributed by atoms with Crippen molar-refractivity contribution in [2.24, 2.45) is 0 Å². The Bertz CT molecular complexity index is 603. The molecule has 1 aromatic rings. The van der Waals surface area contributed by atoms with Crippen LogP contribution in [-0.4, -0.2) is 31.6 Å². The van der Waals surface area contributed by atoms with E-state index in [1.165, 1.54) is 7.11 Å². The van der Waals surface area contributed by atoms with Crippen LogP contribution >= 0.6 is 47.8 Å². The Kier molecular flexibility index (Phi) is 7.77. The second kappa shape index (κ2) is 9.06. The van der Waals surface area contributed by atoms with Crippen molar-refractivity contribution in [1.82, 2.24) is 0 Å². The van der Waals surface area contributed by atoms with E-state index in [0.29, 0.717) is 8.95 Å². The molecule has 0 aliphatic carbocycles. The van der Waals surface area contributed by atoms with Crippen molar-refractivity contribution in [2.45, 2.75) is 0 Å². The van der Waals surface area contributed by atoms with Gasteiger partial charge in [-0.1, -0.05) is 15.9 Å². The number of ether oxygens (including phenoxy) is 3. The number of carbonyl (C=O) groups is 3. The molecule has 1 rings (SSSR count). The maximum absolute atomic E-state index is 11.6. The molecule has 118 valence electrons. The van der Waals surface area contributed by atoms with Gasteiger partial charge in [0.1, 0.15) is 0 Å². The molecule has 0 saturated heterocycles. The van der Waals surface area contributed by atoms with Crippen LogP contribution in [0.15, 0.2) is 37.7 Å². The maximum atomic E-state index is 11.6. The summed E-state index contributed by atoms with van der Waals surface area (Å²) < 4.78 is 15.9. The zero-order valence-electron chi connectivity index (χ0n) is 11.1. The van der Waals surface area contributed by atoms with Crippen molar-refractivity contribution in [3.63, 3.8) is 0 Å². The summed E-state index contributed by atoms with van der Waals surface area (Å²) in [5.74, 6) is -2.09. The van der Waals surface area contributed by atoms with Crippen LogP contribution in [0.2, 0.25) is 0 Å². The molecule has 0 unspecified atom stereocenters. The zero-order valence-corrected chi connectivity index (χ0v) is 15.9. The van der Waals surface area contributed by atoms with E-state index in [1.807, 2.05) is 0 Å². The highest BCUT2D eigenvalue weighted by Crippen LogP contribution is 2.36. The van der Waals surface area contributed by atoms with Crippen LogP contribution in [0.3, 0.4) is 0 Å². The molecule has 0 aliphatic heterocycles. The van der Waals surface area contributed by atoms with Crippen LogP contribution in [0.4, 0.5) is 0 Å². The molecule has 0 amide bonds. The van der Waals surface area contributed by atoms with Gasteiger partial charge in [0.05, 0.1) is 16.1 Å². The highest BCUT2D eigenvalue weighted by atomic mass is 79.9. The van der Waals surface area contributed by atoms with Crippen LogP contribution in [0.25, 0.3) is 0 Å². The van der Waals surface area contributed by atoms with Crippen molar-refractivity contribution >= 4 is 65.7 Å². The van der Waals surface area contributed by atoms with Crippen molar-refractivity contribution in [3.05, 3.63) is 37.7 Å². The topological polar surface area (TPSA) is 78.9 Å². The summed E-state index contributed by atoms with van der Waals surface area (Å²) in [5, 5.41) is 0. The predicted molar refractivity (Wildman–Crippen MR) is 87.3 cm³/mol. The van der Waals surface area contributed by atoms with E-state index in [9.17, 15) is 14.4 Å². The Morgan fingerprint density at radius 3 is 2.14 bits per heavy atom. The minimum atomic E-state index is -0.865. The first kappa shape index (κ1) is 18.9. The lowest BCUT2D eigenvalue weighted by atomic mass is 10.3. The Hall–Kier alpha value is -1.19. The fourth-order valence-electron chi connectivity index (χ4n) is 1.15. The number of rotatable bonds is 5. The van der Waals surface area contributed by atoms with Crippen molar-refractivity contribution in [1.29, 1.82) is 0 Å². The second-order valence-corrected chi connectivity index (χ2v) is 6.26. The summed E-state index contributed by atoms with van der Waals surface area (Å²) in [7, 11) is 1.17. The molecule has 6 nitrogen and oxygen atoms in total. The van der Waals surface area contributed by atoms with Crippen LogP contribution in [0.1, 0.15) is 0 Å². The Balaban J connectivity index is 2.56. The lowest BCUT2D eigenvalue weighted by Gasteiger charge is -2.09. The van der Waals surface area contributed by atoms with Crippen LogP contribution in [0, 0.1) is 0 Å². The van der Waals surface area contributed by atoms with Crippen molar-refractivity contribution < 1.29 is 28.6 Å². The first-order valence-electron chi connectivity index (χ1n) is 5.61. The Morgan fingerprint density at radius 2 is 1.59 bits per heavy atom. The lowest BCUT2D eigenvalue weighted by Crippen LogP contribution is -2.18. The summed E-state index contributed by atoms with van der Waals surface area (Å²) in [6.07, 6.45) is 1.74. The first-order chi connectivity index (χ1) is 10.3. The van der Waals surface area contributed by atoms with E-state index in [-0.39, 0.29) is 5.75 Å². The Morgan fingerprint density at radius 1 is 1.05 bits per heavy atom. The smallest absolute Gasteiger partial charge is 0.349 e. The summed E-state index contributed by atoms with van der Waals surface area (Å²) in [6, 6.07) is 3.39. The van der Waals surface area contributed by atoms with Gasteiger partial charge in [-0.3, -0.25) is 0 Å². The quantitative estimate of drug-likeness (QED) is 0.351. The van der Waals surface area contributed by atoms with E-state index < -0.39 is 24.5 Å². The van der Waals surface area contributed by atoms with E-state index in [1.54, 1.807) is 12.1 Å². The van der Waals surface area contributed by atoms with Gasteiger partial charge in [-0.05, 0) is 44.0 Å². The predicted octanol–water partition coefficient (Wildman–Crippen LogP) is 3.15. The molecule has 22 heavy (non-hydrogen) atoms. The number of esters is 3. The highest BCUT2D eigenvalue weighted by molar-refractivity contribution is 9.11. The third-order valence-corrected chi connectivity index (χ3v) is 3.70. The van der Waals surface area contributed by atoms with E-state index in [2.05, 4.69) is 57.3 Å². The van der Waals surface area contributed by atoms with E-state index in [4.69, 9.17) is 4.74 Å². The molecule has 1 aromatic carbocycles. The van der Waals surface area contributed by atoms with Gasteiger partial charge >= 0.3 is 17.9 Å². The first-order valence-corrected chi connectivity index (χ1v) is 7.99. The van der Waals surface area contributed by atoms with E-state index >= 15 is 0 Å². The average molecular weight is 501 g/mol. The average Bonchev–Trinajstić information content (AvgIpc) is 2.46. The maximum Gasteiger partial charge on any atom is 0.349 e. The monoisotopic (exact) mass is 498 g/mol. The SMILES string of the molecule is COC(=O)/C=C\C(=O)OCC(=O)Oc1c(Br)cc(Br)cc1Br. The van der Waals surface area contributed by atoms with Gasteiger partial charge in [-0.15, -0.1) is 0 Å². The second-order valence-electron chi connectivity index (χ2n) is 3.64. The molecular weight excluding hydrogens is 492 g/mol. The molecule has 0 aromatic heterocycles. The molecule has 0 N–H and O–H groups in total. The standard InChI is InChI=1S/C13H9Br3O6/c1-20-10(17)2-3-11(18)21-6-12(19)22-13-8(15)4-7(14)5-9(13)16/h2-5H,6H2,1H3/b3-2-. The molecule has 9 heteroatoms. The normalized spacial score (nSPS) is 10.4. The fourth-order valence-corrected chi connectivity index (χ4v) is 3.57. The van der Waals surface area contributed by atoms with Crippen LogP contribution < -0.4 is 4.74 Å². The molecule has 0 fully saturated rings. The number of carbonyl (C=O) groups excluding carboxylic acids is 3. The largest absolute Gasteiger partial charge is 0.466 e. The molecule has 0 aliphatic rings. The van der Waals surface area contributed by atoms with Gasteiger partial charge in [-0.25, -0.2) is 14.4 Å². The zero-order chi connectivity index (χ0) is 16.7. The van der Waals surface area contributed by atoms with Gasteiger partial charge in [0.2, 0.25) is 0 Å². The van der Waals surface area contributed by atoms with Gasteiger partial charge < -0.3 is 14.2 Å². The molecule has 0 atom stereocenters. The fraction of sp³-hybridized carbons (Fsp3) is 0.154. The Labute approximate surface area is 151 Å². The molecule has 0 spiro atoms. The summed E-state index contributed by atoms with van der Waals surface area (Å²) in [5.41, 5.74) is 0. The van der Waals surface area contributed by atoms with Gasteiger partial charge in [0.25, 0.3) is 0 Å². The summed E-state index contributed by atoms with van der Waals surface area (Å²) in [4.78, 5) is 33.7. The third-order valence-electron chi connectivity index (χ3n) is 2.07. The molecule has 0 heterocycles. The minimum absolute atomic E-state index is 0.259. The molecule has 0 radical (unpaired) electrons. The van der Waals surface area contributed by atoms with E-state index in [0.717, 1.165) is 16.6 Å².